The van der Waals surface area contributed by atoms with E-state index in [-0.39, 0.29) is 12.1 Å². The van der Waals surface area contributed by atoms with Gasteiger partial charge in [0.05, 0.1) is 13.2 Å². The summed E-state index contributed by atoms with van der Waals surface area (Å²) in [5, 5.41) is 5.87. The van der Waals surface area contributed by atoms with Gasteiger partial charge >= 0.3 is 6.03 Å². The van der Waals surface area contributed by atoms with Gasteiger partial charge in [0.15, 0.2) is 0 Å². The van der Waals surface area contributed by atoms with Gasteiger partial charge in [0.1, 0.15) is 18.1 Å². The first-order chi connectivity index (χ1) is 12.5. The molecule has 0 radical (unpaired) electrons. The number of anilines is 1. The van der Waals surface area contributed by atoms with Crippen LogP contribution in [-0.2, 0) is 13.0 Å². The molecule has 2 amide bonds. The summed E-state index contributed by atoms with van der Waals surface area (Å²) in [6, 6.07) is 13.6. The second-order valence-electron chi connectivity index (χ2n) is 6.57. The molecule has 2 aromatic rings. The van der Waals surface area contributed by atoms with Crippen LogP contribution in [0.4, 0.5) is 10.5 Å². The number of benzene rings is 2. The molecule has 2 N–H and O–H groups in total. The third-order valence-corrected chi connectivity index (χ3v) is 4.42. The molecule has 0 unspecified atom stereocenters. The number of nitrogens with one attached hydrogen (secondary N) is 2. The van der Waals surface area contributed by atoms with E-state index in [1.165, 1.54) is 0 Å². The monoisotopic (exact) mass is 355 g/mol. The molecule has 6 nitrogen and oxygen atoms in total. The number of carbonyl (C=O) groups is 1. The third kappa shape index (κ3) is 4.39. The van der Waals surface area contributed by atoms with E-state index in [1.54, 1.807) is 7.11 Å². The minimum absolute atomic E-state index is 0.0641. The molecule has 3 rings (SSSR count). The van der Waals surface area contributed by atoms with Gasteiger partial charge < -0.3 is 25.0 Å². The van der Waals surface area contributed by atoms with Gasteiger partial charge in [-0.25, -0.2) is 4.79 Å². The van der Waals surface area contributed by atoms with Crippen molar-refractivity contribution in [1.29, 1.82) is 0 Å². The van der Waals surface area contributed by atoms with Gasteiger partial charge in [-0.15, -0.1) is 0 Å². The highest BCUT2D eigenvalue weighted by Gasteiger charge is 2.21. The van der Waals surface area contributed by atoms with Crippen molar-refractivity contribution in [3.8, 4) is 11.5 Å². The summed E-state index contributed by atoms with van der Waals surface area (Å²) in [5.41, 5.74) is 3.23. The van der Waals surface area contributed by atoms with E-state index in [0.717, 1.165) is 34.7 Å². The van der Waals surface area contributed by atoms with E-state index in [0.29, 0.717) is 13.2 Å². The number of urea groups is 1. The predicted octanol–water partition coefficient (Wildman–Crippen LogP) is 2.56. The van der Waals surface area contributed by atoms with Crippen LogP contribution in [0.3, 0.4) is 0 Å². The zero-order valence-electron chi connectivity index (χ0n) is 15.4. The molecule has 1 aliphatic heterocycles. The van der Waals surface area contributed by atoms with Crippen LogP contribution in [0.15, 0.2) is 42.5 Å². The molecule has 0 saturated carbocycles. The van der Waals surface area contributed by atoms with Crippen LogP contribution in [0, 0.1) is 0 Å². The summed E-state index contributed by atoms with van der Waals surface area (Å²) >= 11 is 0. The standard InChI is InChI=1S/C20H25N3O3/c1-23(2)17-6-4-14(5-7-17)12-21-20(24)22-16-10-15-11-18(25-3)8-9-19(15)26-13-16/h4-9,11,16H,10,12-13H2,1-3H3,(H2,21,22,24)/t16-/m1/s1. The number of hydrogen-bond donors (Lipinski definition) is 2. The van der Waals surface area contributed by atoms with Crippen LogP contribution in [0.5, 0.6) is 11.5 Å². The van der Waals surface area contributed by atoms with Gasteiger partial charge in [-0.2, -0.15) is 0 Å². The average Bonchev–Trinajstić information content (AvgIpc) is 2.66. The average molecular weight is 355 g/mol. The molecule has 26 heavy (non-hydrogen) atoms. The van der Waals surface area contributed by atoms with Crippen LogP contribution in [-0.4, -0.2) is 39.9 Å². The largest absolute Gasteiger partial charge is 0.497 e. The maximum atomic E-state index is 12.2. The molecule has 0 aliphatic carbocycles. The van der Waals surface area contributed by atoms with Gasteiger partial charge in [-0.1, -0.05) is 12.1 Å². The Balaban J connectivity index is 1.50. The van der Waals surface area contributed by atoms with Crippen molar-refractivity contribution in [3.63, 3.8) is 0 Å². The van der Waals surface area contributed by atoms with E-state index >= 15 is 0 Å². The smallest absolute Gasteiger partial charge is 0.315 e. The molecule has 1 aliphatic rings. The van der Waals surface area contributed by atoms with E-state index in [1.807, 2.05) is 61.5 Å². The van der Waals surface area contributed by atoms with Crippen molar-refractivity contribution < 1.29 is 14.3 Å². The molecular formula is C20H25N3O3. The maximum Gasteiger partial charge on any atom is 0.315 e. The number of carbonyl (C=O) groups excluding carboxylic acids is 1. The molecular weight excluding hydrogens is 330 g/mol. The normalized spacial score (nSPS) is 15.4. The summed E-state index contributed by atoms with van der Waals surface area (Å²) in [5.74, 6) is 1.64. The fourth-order valence-electron chi connectivity index (χ4n) is 2.92. The molecule has 0 spiro atoms. The fourth-order valence-corrected chi connectivity index (χ4v) is 2.92. The summed E-state index contributed by atoms with van der Waals surface area (Å²) < 4.78 is 11.0. The van der Waals surface area contributed by atoms with Crippen LogP contribution < -0.4 is 25.0 Å². The highest BCUT2D eigenvalue weighted by molar-refractivity contribution is 5.74. The van der Waals surface area contributed by atoms with Gasteiger partial charge in [-0.05, 0) is 47.9 Å². The third-order valence-electron chi connectivity index (χ3n) is 4.42. The van der Waals surface area contributed by atoms with E-state index in [2.05, 4.69) is 10.6 Å². The predicted molar refractivity (Wildman–Crippen MR) is 102 cm³/mol. The van der Waals surface area contributed by atoms with Gasteiger partial charge in [0, 0.05) is 26.3 Å². The Morgan fingerprint density at radius 2 is 2.00 bits per heavy atom. The number of nitrogens with zero attached hydrogens (tertiary/aromatic N) is 1. The van der Waals surface area contributed by atoms with Crippen LogP contribution in [0.25, 0.3) is 0 Å². The Labute approximate surface area is 154 Å². The number of rotatable bonds is 5. The molecule has 0 aromatic heterocycles. The number of fused-ring (bicyclic) bond motifs is 1. The van der Waals surface area contributed by atoms with Crippen LogP contribution in [0.2, 0.25) is 0 Å². The molecule has 6 heteroatoms. The minimum atomic E-state index is -0.193. The molecule has 2 aromatic carbocycles. The summed E-state index contributed by atoms with van der Waals surface area (Å²) in [4.78, 5) is 14.2. The van der Waals surface area contributed by atoms with E-state index < -0.39 is 0 Å². The summed E-state index contributed by atoms with van der Waals surface area (Å²) in [6.07, 6.45) is 0.720. The lowest BCUT2D eigenvalue weighted by molar-refractivity contribution is 0.214. The SMILES string of the molecule is COc1ccc2c(c1)C[C@@H](NC(=O)NCc1ccc(N(C)C)cc1)CO2. The zero-order chi connectivity index (χ0) is 18.5. The second-order valence-corrected chi connectivity index (χ2v) is 6.57. The molecule has 1 atom stereocenters. The zero-order valence-corrected chi connectivity index (χ0v) is 15.4. The molecule has 0 bridgehead atoms. The number of methoxy groups -OCH3 is 1. The van der Waals surface area contributed by atoms with E-state index in [4.69, 9.17) is 9.47 Å². The van der Waals surface area contributed by atoms with Crippen molar-refractivity contribution in [2.24, 2.45) is 0 Å². The quantitative estimate of drug-likeness (QED) is 0.865. The minimum Gasteiger partial charge on any atom is -0.497 e. The van der Waals surface area contributed by atoms with E-state index in [9.17, 15) is 4.79 Å². The first kappa shape index (κ1) is 17.9. The Morgan fingerprint density at radius 1 is 1.23 bits per heavy atom. The highest BCUT2D eigenvalue weighted by Crippen LogP contribution is 2.28. The number of amides is 2. The van der Waals surface area contributed by atoms with Gasteiger partial charge in [0.2, 0.25) is 0 Å². The van der Waals surface area contributed by atoms with Gasteiger partial charge in [0.25, 0.3) is 0 Å². The lowest BCUT2D eigenvalue weighted by atomic mass is 10.0. The second kappa shape index (κ2) is 7.99. The van der Waals surface area contributed by atoms with Crippen molar-refractivity contribution in [2.45, 2.75) is 19.0 Å². The fraction of sp³-hybridized carbons (Fsp3) is 0.350. The molecule has 0 saturated heterocycles. The summed E-state index contributed by atoms with van der Waals surface area (Å²) in [6.45, 7) is 0.946. The maximum absolute atomic E-state index is 12.2. The molecule has 0 fully saturated rings. The Morgan fingerprint density at radius 3 is 2.69 bits per heavy atom. The summed E-state index contributed by atoms with van der Waals surface area (Å²) in [7, 11) is 5.64. The van der Waals surface area contributed by atoms with Crippen LogP contribution in [0.1, 0.15) is 11.1 Å². The highest BCUT2D eigenvalue weighted by atomic mass is 16.5. The first-order valence-corrected chi connectivity index (χ1v) is 8.65. The Kier molecular flexibility index (Phi) is 5.51. The van der Waals surface area contributed by atoms with Crippen molar-refractivity contribution in [2.75, 3.05) is 32.7 Å². The Hall–Kier alpha value is -2.89. The topological polar surface area (TPSA) is 62.8 Å². The lowest BCUT2D eigenvalue weighted by Crippen LogP contribution is -2.47. The molecule has 138 valence electrons. The van der Waals surface area contributed by atoms with Crippen molar-refractivity contribution in [3.05, 3.63) is 53.6 Å². The lowest BCUT2D eigenvalue weighted by Gasteiger charge is -2.26. The van der Waals surface area contributed by atoms with Crippen LogP contribution >= 0.6 is 0 Å². The number of ether oxygens (including phenoxy) is 2. The first-order valence-electron chi connectivity index (χ1n) is 8.65. The Bertz CT molecular complexity index is 759. The van der Waals surface area contributed by atoms with Crippen molar-refractivity contribution >= 4 is 11.7 Å². The van der Waals surface area contributed by atoms with Crippen molar-refractivity contribution in [1.82, 2.24) is 10.6 Å². The number of hydrogen-bond acceptors (Lipinski definition) is 4. The van der Waals surface area contributed by atoms with Gasteiger partial charge in [-0.3, -0.25) is 0 Å². The molecule has 1 heterocycles.